The molecule has 1 heterocycles. The number of hydrogen-bond acceptors (Lipinski definition) is 4. The summed E-state index contributed by atoms with van der Waals surface area (Å²) >= 11 is 0. The van der Waals surface area contributed by atoms with Gasteiger partial charge < -0.3 is 10.2 Å². The zero-order chi connectivity index (χ0) is 24.2. The zero-order valence-electron chi connectivity index (χ0n) is 19.9. The van der Waals surface area contributed by atoms with Crippen molar-refractivity contribution in [3.05, 3.63) is 90.0 Å². The average Bonchev–Trinajstić information content (AvgIpc) is 2.86. The molecule has 1 amide bonds. The van der Waals surface area contributed by atoms with Crippen molar-refractivity contribution in [2.45, 2.75) is 24.3 Å². The number of hydrogen-bond donors (Lipinski definition) is 1. The molecule has 0 bridgehead atoms. The van der Waals surface area contributed by atoms with E-state index in [1.54, 1.807) is 6.26 Å². The molecule has 1 unspecified atom stereocenters. The molecule has 0 aliphatic carbocycles. The highest BCUT2D eigenvalue weighted by Gasteiger charge is 2.26. The molecule has 0 saturated heterocycles. The molecule has 1 N–H and O–H groups in total. The number of fused-ring (bicyclic) bond motifs is 1. The van der Waals surface area contributed by atoms with E-state index in [4.69, 9.17) is 4.98 Å². The second-order valence-electron chi connectivity index (χ2n) is 8.43. The molecule has 6 heteroatoms. The predicted octanol–water partition coefficient (Wildman–Crippen LogP) is 5.59. The molecular formula is C28H29N3O2S. The number of anilines is 1. The summed E-state index contributed by atoms with van der Waals surface area (Å²) in [5.74, 6) is -0.247. The van der Waals surface area contributed by atoms with E-state index in [-0.39, 0.29) is 11.9 Å². The van der Waals surface area contributed by atoms with Crippen LogP contribution in [0, 0.1) is 0 Å². The summed E-state index contributed by atoms with van der Waals surface area (Å²) < 4.78 is 13.1. The fourth-order valence-corrected chi connectivity index (χ4v) is 5.07. The molecule has 0 aliphatic heterocycles. The molecule has 0 radical (unpaired) electrons. The maximum atomic E-state index is 13.8. The van der Waals surface area contributed by atoms with Crippen molar-refractivity contribution in [1.29, 1.82) is 0 Å². The molecule has 34 heavy (non-hydrogen) atoms. The Labute approximate surface area is 203 Å². The number of amides is 1. The minimum absolute atomic E-state index is 0.156. The Morgan fingerprint density at radius 2 is 1.65 bits per heavy atom. The van der Waals surface area contributed by atoms with Crippen LogP contribution in [0.4, 0.5) is 5.69 Å². The minimum atomic E-state index is -1.44. The lowest BCUT2D eigenvalue weighted by Crippen LogP contribution is -2.29. The maximum Gasteiger partial charge on any atom is 0.253 e. The summed E-state index contributed by atoms with van der Waals surface area (Å²) in [6.07, 6.45) is 2.34. The molecule has 4 aromatic rings. The minimum Gasteiger partial charge on any atom is -0.378 e. The summed E-state index contributed by atoms with van der Waals surface area (Å²) in [5, 5.41) is 3.88. The van der Waals surface area contributed by atoms with E-state index in [1.165, 1.54) is 0 Å². The normalized spacial score (nSPS) is 12.8. The Balaban J connectivity index is 1.95. The van der Waals surface area contributed by atoms with Crippen LogP contribution in [0.3, 0.4) is 0 Å². The number of nitrogens with zero attached hydrogens (tertiary/aromatic N) is 2. The SMILES string of the molecule is CC[C@H](NC(=O)c1c(S(C)=O)c(-c2ccccc2)nc2cc(N(C)C)ccc12)c1ccccc1. The summed E-state index contributed by atoms with van der Waals surface area (Å²) in [6, 6.07) is 25.2. The van der Waals surface area contributed by atoms with Gasteiger partial charge in [0.05, 0.1) is 38.5 Å². The molecule has 5 nitrogen and oxygen atoms in total. The number of carbonyl (C=O) groups is 1. The number of nitrogens with one attached hydrogen (secondary N) is 1. The van der Waals surface area contributed by atoms with Crippen LogP contribution in [0.25, 0.3) is 22.2 Å². The summed E-state index contributed by atoms with van der Waals surface area (Å²) in [5.41, 5.74) is 4.53. The van der Waals surface area contributed by atoms with Gasteiger partial charge in [0, 0.05) is 37.0 Å². The zero-order valence-corrected chi connectivity index (χ0v) is 20.7. The number of rotatable bonds is 7. The van der Waals surface area contributed by atoms with Crippen molar-refractivity contribution in [1.82, 2.24) is 10.3 Å². The molecule has 0 spiro atoms. The molecule has 3 aromatic carbocycles. The van der Waals surface area contributed by atoms with Gasteiger partial charge in [0.15, 0.2) is 0 Å². The van der Waals surface area contributed by atoms with Gasteiger partial charge in [-0.3, -0.25) is 9.00 Å². The van der Waals surface area contributed by atoms with Crippen LogP contribution in [-0.4, -0.2) is 35.5 Å². The second-order valence-corrected chi connectivity index (χ2v) is 9.74. The highest BCUT2D eigenvalue weighted by atomic mass is 32.2. The molecule has 0 fully saturated rings. The maximum absolute atomic E-state index is 13.8. The lowest BCUT2D eigenvalue weighted by molar-refractivity contribution is 0.0934. The van der Waals surface area contributed by atoms with E-state index in [0.717, 1.165) is 23.2 Å². The number of carbonyl (C=O) groups excluding carboxylic acids is 1. The summed E-state index contributed by atoms with van der Waals surface area (Å²) in [7, 11) is 2.49. The molecular weight excluding hydrogens is 442 g/mol. The van der Waals surface area contributed by atoms with Gasteiger partial charge in [-0.2, -0.15) is 0 Å². The Morgan fingerprint density at radius 1 is 1.00 bits per heavy atom. The third-order valence-corrected chi connectivity index (χ3v) is 6.89. The van der Waals surface area contributed by atoms with Crippen LogP contribution in [0.5, 0.6) is 0 Å². The molecule has 174 valence electrons. The first kappa shape index (κ1) is 23.6. The number of benzene rings is 3. The number of pyridine rings is 1. The average molecular weight is 472 g/mol. The van der Waals surface area contributed by atoms with Crippen molar-refractivity contribution in [3.8, 4) is 11.3 Å². The van der Waals surface area contributed by atoms with Gasteiger partial charge >= 0.3 is 0 Å². The quantitative estimate of drug-likeness (QED) is 0.382. The van der Waals surface area contributed by atoms with E-state index in [9.17, 15) is 9.00 Å². The Hall–Kier alpha value is -3.51. The smallest absolute Gasteiger partial charge is 0.253 e. The van der Waals surface area contributed by atoms with Crippen LogP contribution in [-0.2, 0) is 10.8 Å². The fraction of sp³-hybridized carbons (Fsp3) is 0.214. The van der Waals surface area contributed by atoms with Crippen LogP contribution in [0.15, 0.2) is 83.8 Å². The second kappa shape index (κ2) is 10.2. The van der Waals surface area contributed by atoms with E-state index in [0.29, 0.717) is 27.1 Å². The molecule has 4 rings (SSSR count). The predicted molar refractivity (Wildman–Crippen MR) is 141 cm³/mol. The standard InChI is InChI=1S/C28H29N3O2S/c1-5-23(19-12-8-6-9-13-19)30-28(32)25-22-17-16-21(31(2)3)18-24(22)29-26(27(25)34(4)33)20-14-10-7-11-15-20/h6-18,23H,5H2,1-4H3,(H,30,32)/t23-,34?/m0/s1. The molecule has 0 aliphatic rings. The van der Waals surface area contributed by atoms with Crippen molar-refractivity contribution >= 4 is 33.3 Å². The number of aromatic nitrogens is 1. The van der Waals surface area contributed by atoms with Crippen molar-refractivity contribution in [2.75, 3.05) is 25.3 Å². The van der Waals surface area contributed by atoms with Gasteiger partial charge in [-0.25, -0.2) is 4.98 Å². The van der Waals surface area contributed by atoms with Crippen molar-refractivity contribution in [2.24, 2.45) is 0 Å². The molecule has 1 aromatic heterocycles. The fourth-order valence-electron chi connectivity index (χ4n) is 4.15. The van der Waals surface area contributed by atoms with Crippen molar-refractivity contribution in [3.63, 3.8) is 0 Å². The lowest BCUT2D eigenvalue weighted by atomic mass is 10.0. The van der Waals surface area contributed by atoms with Gasteiger partial charge in [0.25, 0.3) is 5.91 Å². The topological polar surface area (TPSA) is 62.3 Å². The van der Waals surface area contributed by atoms with Gasteiger partial charge in [-0.15, -0.1) is 0 Å². The van der Waals surface area contributed by atoms with Crippen LogP contribution in [0.1, 0.15) is 35.3 Å². The third-order valence-electron chi connectivity index (χ3n) is 5.92. The summed E-state index contributed by atoms with van der Waals surface area (Å²) in [6.45, 7) is 2.04. The first-order chi connectivity index (χ1) is 16.4. The first-order valence-electron chi connectivity index (χ1n) is 11.3. The van der Waals surface area contributed by atoms with E-state index in [1.807, 2.05) is 105 Å². The van der Waals surface area contributed by atoms with Gasteiger partial charge in [0.2, 0.25) is 0 Å². The lowest BCUT2D eigenvalue weighted by Gasteiger charge is -2.21. The highest BCUT2D eigenvalue weighted by molar-refractivity contribution is 7.84. The monoisotopic (exact) mass is 471 g/mol. The summed E-state index contributed by atoms with van der Waals surface area (Å²) in [4.78, 5) is 21.2. The van der Waals surface area contributed by atoms with E-state index in [2.05, 4.69) is 5.32 Å². The van der Waals surface area contributed by atoms with Crippen LogP contribution >= 0.6 is 0 Å². The highest BCUT2D eigenvalue weighted by Crippen LogP contribution is 2.34. The molecule has 2 atom stereocenters. The van der Waals surface area contributed by atoms with Gasteiger partial charge in [-0.05, 0) is 30.2 Å². The Bertz CT molecular complexity index is 1340. The van der Waals surface area contributed by atoms with E-state index < -0.39 is 10.8 Å². The largest absolute Gasteiger partial charge is 0.378 e. The van der Waals surface area contributed by atoms with E-state index >= 15 is 0 Å². The van der Waals surface area contributed by atoms with Gasteiger partial charge in [-0.1, -0.05) is 67.6 Å². The van der Waals surface area contributed by atoms with Gasteiger partial charge in [0.1, 0.15) is 0 Å². The Kier molecular flexibility index (Phi) is 7.08. The van der Waals surface area contributed by atoms with Crippen LogP contribution in [0.2, 0.25) is 0 Å². The molecule has 0 saturated carbocycles. The van der Waals surface area contributed by atoms with Crippen molar-refractivity contribution < 1.29 is 9.00 Å². The third kappa shape index (κ3) is 4.73. The van der Waals surface area contributed by atoms with Crippen LogP contribution < -0.4 is 10.2 Å². The first-order valence-corrected chi connectivity index (χ1v) is 12.9. The Morgan fingerprint density at radius 3 is 2.24 bits per heavy atom.